The number of fused-ring (bicyclic) bond motifs is 5. The molecule has 4 aromatic rings. The summed E-state index contributed by atoms with van der Waals surface area (Å²) in [5.41, 5.74) is 11.1. The average molecular weight is 1030 g/mol. The van der Waals surface area contributed by atoms with Gasteiger partial charge in [-0.05, 0) is 117 Å². The lowest BCUT2D eigenvalue weighted by atomic mass is 9.85. The van der Waals surface area contributed by atoms with Crippen molar-refractivity contribution in [2.24, 2.45) is 5.11 Å². The zero-order chi connectivity index (χ0) is 52.9. The van der Waals surface area contributed by atoms with E-state index in [2.05, 4.69) is 72.1 Å². The second-order valence-electron chi connectivity index (χ2n) is 19.3. The van der Waals surface area contributed by atoms with Crippen LogP contribution in [0.25, 0.3) is 32.7 Å². The smallest absolute Gasteiger partial charge is 0.510 e. The lowest BCUT2D eigenvalue weighted by molar-refractivity contribution is -0.175. The van der Waals surface area contributed by atoms with Crippen LogP contribution >= 0.6 is 0 Å². The number of unbranched alkanes of at least 4 members (excludes halogenated alkanes) is 1. The summed E-state index contributed by atoms with van der Waals surface area (Å²) in [6.07, 6.45) is 1.16. The van der Waals surface area contributed by atoms with E-state index in [-0.39, 0.29) is 80.8 Å². The van der Waals surface area contributed by atoms with Crippen LogP contribution in [-0.4, -0.2) is 107 Å². The number of benzene rings is 2. The summed E-state index contributed by atoms with van der Waals surface area (Å²) in [5.74, 6) is -1.58. The normalized spacial score (nSPS) is 15.2. The Kier molecular flexibility index (Phi) is 18.8. The summed E-state index contributed by atoms with van der Waals surface area (Å²) >= 11 is 0. The van der Waals surface area contributed by atoms with Crippen molar-refractivity contribution in [3.8, 4) is 17.1 Å². The quantitative estimate of drug-likeness (QED) is 0.0119. The van der Waals surface area contributed by atoms with E-state index in [0.29, 0.717) is 41.9 Å². The molecule has 2 aromatic heterocycles. The Morgan fingerprint density at radius 2 is 1.73 bits per heavy atom. The molecule has 2 aliphatic heterocycles. The number of nitrogens with zero attached hydrogens (tertiary/aromatic N) is 5. The molecule has 2 aromatic carbocycles. The van der Waals surface area contributed by atoms with Gasteiger partial charge < -0.3 is 53.9 Å². The fourth-order valence-electron chi connectivity index (χ4n) is 8.40. The molecule has 2 atom stereocenters. The Bertz CT molecular complexity index is 2790. The van der Waals surface area contributed by atoms with E-state index in [4.69, 9.17) is 38.6 Å². The number of pyridine rings is 2. The molecule has 0 fully saturated rings. The van der Waals surface area contributed by atoms with Gasteiger partial charge in [0, 0.05) is 40.2 Å². The molecule has 0 aliphatic carbocycles. The Balaban J connectivity index is 1.09. The van der Waals surface area contributed by atoms with Crippen LogP contribution in [0.4, 0.5) is 10.5 Å². The third-order valence-electron chi connectivity index (χ3n) is 13.4. The number of rotatable bonds is 25. The molecule has 73 heavy (non-hydrogen) atoms. The highest BCUT2D eigenvalue weighted by Crippen LogP contribution is 2.43. The lowest BCUT2D eigenvalue weighted by Gasteiger charge is -2.36. The topological polar surface area (TPSA) is 272 Å². The maximum atomic E-state index is 14.3. The van der Waals surface area contributed by atoms with E-state index in [1.807, 2.05) is 25.2 Å². The highest BCUT2D eigenvalue weighted by atomic mass is 28.4. The van der Waals surface area contributed by atoms with Crippen molar-refractivity contribution < 1.29 is 52.1 Å². The zero-order valence-electron chi connectivity index (χ0n) is 42.9. The van der Waals surface area contributed by atoms with Gasteiger partial charge in [0.1, 0.15) is 38.2 Å². The summed E-state index contributed by atoms with van der Waals surface area (Å²) in [7, 11) is -0.315. The number of hydrogen-bond acceptors (Lipinski definition) is 15. The van der Waals surface area contributed by atoms with E-state index in [1.54, 1.807) is 41.8 Å². The monoisotopic (exact) mass is 1030 g/mol. The number of aryl methyl sites for hydroxylation is 1. The molecule has 0 bridgehead atoms. The molecular weight excluding hydrogens is 959 g/mol. The molecule has 2 aliphatic rings. The number of nitrogens with one attached hydrogen (secondary N) is 4. The predicted octanol–water partition coefficient (Wildman–Crippen LogP) is 6.66. The SMILES string of the molecule is CCc1c2c(nc3ccc(O[Si](C)(C)C(C)(C)C)cc13)-c1cc3c(c(=O)n1C2)COC(=O)C3(CC)OC(=O)OCc1ccc(NC(=O)C(CCCCNC)NC(=O)COCC(=O)NCCOCCN=[N+]=[N-])cc1. The Morgan fingerprint density at radius 1 is 0.973 bits per heavy atom. The molecule has 4 heterocycles. The maximum absolute atomic E-state index is 14.3. The minimum Gasteiger partial charge on any atom is -0.543 e. The van der Waals surface area contributed by atoms with Crippen LogP contribution in [0.2, 0.25) is 18.1 Å². The fourth-order valence-corrected chi connectivity index (χ4v) is 9.42. The van der Waals surface area contributed by atoms with E-state index in [1.165, 1.54) is 0 Å². The van der Waals surface area contributed by atoms with E-state index >= 15 is 0 Å². The largest absolute Gasteiger partial charge is 0.543 e. The van der Waals surface area contributed by atoms with Crippen LogP contribution in [0.5, 0.6) is 5.75 Å². The number of aromatic nitrogens is 2. The van der Waals surface area contributed by atoms with Gasteiger partial charge in [0.2, 0.25) is 31.6 Å². The van der Waals surface area contributed by atoms with Crippen molar-refractivity contribution in [1.82, 2.24) is 25.5 Å². The number of anilines is 1. The number of carbonyl (C=O) groups excluding carboxylic acids is 5. The van der Waals surface area contributed by atoms with Gasteiger partial charge in [-0.15, -0.1) is 0 Å². The number of esters is 1. The Hall–Kier alpha value is -6.84. The highest BCUT2D eigenvalue weighted by molar-refractivity contribution is 6.74. The zero-order valence-corrected chi connectivity index (χ0v) is 43.9. The van der Waals surface area contributed by atoms with Crippen molar-refractivity contribution >= 4 is 54.8 Å². The summed E-state index contributed by atoms with van der Waals surface area (Å²) < 4.78 is 35.7. The summed E-state index contributed by atoms with van der Waals surface area (Å²) in [5, 5.41) is 15.4. The van der Waals surface area contributed by atoms with Gasteiger partial charge in [-0.25, -0.2) is 14.6 Å². The van der Waals surface area contributed by atoms with Gasteiger partial charge in [0.25, 0.3) is 5.56 Å². The van der Waals surface area contributed by atoms with Crippen LogP contribution in [0, 0.1) is 0 Å². The summed E-state index contributed by atoms with van der Waals surface area (Å²) in [6.45, 7) is 15.1. The first-order valence-corrected chi connectivity index (χ1v) is 27.5. The Morgan fingerprint density at radius 3 is 2.42 bits per heavy atom. The number of carbonyl (C=O) groups is 5. The van der Waals surface area contributed by atoms with E-state index in [0.717, 1.165) is 40.7 Å². The number of hydrogen-bond donors (Lipinski definition) is 4. The van der Waals surface area contributed by atoms with E-state index in [9.17, 15) is 28.8 Å². The molecule has 22 heteroatoms. The van der Waals surface area contributed by atoms with E-state index < -0.39 is 56.4 Å². The van der Waals surface area contributed by atoms with Gasteiger partial charge >= 0.3 is 12.1 Å². The van der Waals surface area contributed by atoms with Crippen molar-refractivity contribution in [1.29, 1.82) is 0 Å². The molecule has 21 nitrogen and oxygen atoms in total. The van der Waals surface area contributed by atoms with Gasteiger partial charge in [-0.2, -0.15) is 0 Å². The number of amides is 3. The van der Waals surface area contributed by atoms with Crippen LogP contribution in [-0.2, 0) is 74.6 Å². The number of ether oxygens (including phenoxy) is 5. The molecular formula is C51H67N9O12Si. The first-order valence-electron chi connectivity index (χ1n) is 24.6. The van der Waals surface area contributed by atoms with Crippen LogP contribution in [0.3, 0.4) is 0 Å². The number of azide groups is 1. The van der Waals surface area contributed by atoms with Gasteiger partial charge in [0.15, 0.2) is 0 Å². The van der Waals surface area contributed by atoms with Crippen LogP contribution in [0.1, 0.15) is 88.1 Å². The third-order valence-corrected chi connectivity index (χ3v) is 17.7. The minimum absolute atomic E-state index is 0.00372. The summed E-state index contributed by atoms with van der Waals surface area (Å²) in [4.78, 5) is 87.6. The average Bonchev–Trinajstić information content (AvgIpc) is 3.72. The van der Waals surface area contributed by atoms with Crippen molar-refractivity contribution in [2.75, 3.05) is 58.4 Å². The first-order chi connectivity index (χ1) is 34.9. The standard InChI is InChI=1S/C51H67N9O12Si/c1-9-35-36-25-34(72-73(7,8)50(3,4)5)18-19-40(36)58-45-37(35)27-60-42(45)26-39-38(47(60)64)29-69-48(65)51(39,10-2)71-49(66)70-28-32-14-16-33(17-15-32)56-46(63)41(13-11-12-20-53-6)57-44(62)31-68-30-43(61)54-21-23-67-24-22-55-59-52/h14-19,25-26,41,53H,9-13,20-24,27-31H2,1-8H3,(H,54,61)(H,56,63)(H,57,62). The van der Waals surface area contributed by atoms with Crippen molar-refractivity contribution in [2.45, 2.75) is 116 Å². The molecule has 4 N–H and O–H groups in total. The van der Waals surface area contributed by atoms with Gasteiger partial charge in [-0.1, -0.05) is 51.9 Å². The fraction of sp³-hybridized carbons (Fsp3) is 0.510. The second kappa shape index (κ2) is 24.7. The molecule has 392 valence electrons. The number of cyclic esters (lactones) is 1. The molecule has 0 radical (unpaired) electrons. The second-order valence-corrected chi connectivity index (χ2v) is 24.1. The van der Waals surface area contributed by atoms with Gasteiger partial charge in [0.05, 0.1) is 42.2 Å². The first kappa shape index (κ1) is 55.5. The molecule has 2 unspecified atom stereocenters. The van der Waals surface area contributed by atoms with Crippen molar-refractivity contribution in [3.05, 3.63) is 97.1 Å². The third kappa shape index (κ3) is 13.4. The molecule has 0 saturated heterocycles. The summed E-state index contributed by atoms with van der Waals surface area (Å²) in [6, 6.07) is 13.2. The van der Waals surface area contributed by atoms with Gasteiger partial charge in [-0.3, -0.25) is 19.2 Å². The lowest BCUT2D eigenvalue weighted by Crippen LogP contribution is -2.47. The maximum Gasteiger partial charge on any atom is 0.510 e. The van der Waals surface area contributed by atoms with Crippen molar-refractivity contribution in [3.63, 3.8) is 0 Å². The Labute approximate surface area is 425 Å². The molecule has 6 rings (SSSR count). The van der Waals surface area contributed by atoms with Crippen LogP contribution in [0.15, 0.2) is 58.4 Å². The van der Waals surface area contributed by atoms with Crippen LogP contribution < -0.4 is 31.3 Å². The highest BCUT2D eigenvalue weighted by Gasteiger charge is 2.51. The molecule has 3 amide bonds. The predicted molar refractivity (Wildman–Crippen MR) is 274 cm³/mol. The minimum atomic E-state index is -2.13. The molecule has 0 saturated carbocycles. The molecule has 0 spiro atoms.